The second kappa shape index (κ2) is 19.0. The van der Waals surface area contributed by atoms with E-state index in [1.165, 1.54) is 7.05 Å². The number of aliphatic hydroxyl groups excluding tert-OH is 11. The molecule has 0 bridgehead atoms. The first-order chi connectivity index (χ1) is 23.9. The first-order valence-electron chi connectivity index (χ1n) is 15.2. The van der Waals surface area contributed by atoms with Crippen LogP contribution in [0.4, 0.5) is 0 Å². The van der Waals surface area contributed by atoms with Crippen LogP contribution in [0.15, 0.2) is 0 Å². The molecule has 0 aliphatic carbocycles. The van der Waals surface area contributed by atoms with Crippen LogP contribution in [0.2, 0.25) is 0 Å². The zero-order chi connectivity index (χ0) is 38.9. The van der Waals surface area contributed by atoms with Crippen LogP contribution in [0.25, 0.3) is 0 Å². The second-order valence-electron chi connectivity index (χ2n) is 11.8. The summed E-state index contributed by atoms with van der Waals surface area (Å²) in [5.41, 5.74) is 3.68. The van der Waals surface area contributed by atoms with Gasteiger partial charge in [-0.2, -0.15) is 11.0 Å². The Hall–Kier alpha value is -4.02. The normalized spacial score (nSPS) is 29.7. The van der Waals surface area contributed by atoms with E-state index in [0.717, 1.165) is 26.6 Å². The molecule has 2 rings (SSSR count). The predicted molar refractivity (Wildman–Crippen MR) is 163 cm³/mol. The van der Waals surface area contributed by atoms with Gasteiger partial charge in [-0.1, -0.05) is 0 Å². The number of likely N-dealkylation sites (tertiary alicyclic amines) is 2. The van der Waals surface area contributed by atoms with Gasteiger partial charge in [-0.05, 0) is 0 Å². The first-order valence-corrected chi connectivity index (χ1v) is 15.2. The van der Waals surface area contributed by atoms with Gasteiger partial charge in [0.25, 0.3) is 0 Å². The lowest BCUT2D eigenvalue weighted by molar-refractivity contribution is -0.188. The number of nitrogens with one attached hydrogen (secondary N) is 4. The van der Waals surface area contributed by atoms with E-state index in [4.69, 9.17) is 10.8 Å². The van der Waals surface area contributed by atoms with Crippen molar-refractivity contribution in [3.63, 3.8) is 0 Å². The summed E-state index contributed by atoms with van der Waals surface area (Å²) in [7, 11) is 2.33. The Labute approximate surface area is 289 Å². The van der Waals surface area contributed by atoms with Gasteiger partial charge in [-0.3, -0.25) is 20.4 Å². The Balaban J connectivity index is 1.84. The molecule has 11 atom stereocenters. The lowest BCUT2D eigenvalue weighted by atomic mass is 9.88. The average molecular weight is 743 g/mol. The summed E-state index contributed by atoms with van der Waals surface area (Å²) in [5, 5.41) is 125. The van der Waals surface area contributed by atoms with E-state index in [1.807, 2.05) is 11.0 Å². The number of amides is 2. The number of hydrogen-bond acceptors (Lipinski definition) is 19. The van der Waals surface area contributed by atoms with Crippen LogP contribution in [0, 0.1) is 10.8 Å². The Morgan fingerprint density at radius 2 is 0.941 bits per heavy atom. The number of likely N-dealkylation sites (N-methyl/N-ethyl adjacent to an activating group) is 2. The molecule has 292 valence electrons. The number of aliphatic hydroxyl groups is 11. The van der Waals surface area contributed by atoms with Crippen molar-refractivity contribution in [3.8, 4) is 0 Å². The first kappa shape index (κ1) is 43.1. The minimum Gasteiger partial charge on any atom is -0.394 e. The molecule has 0 aromatic rings. The van der Waals surface area contributed by atoms with Crippen molar-refractivity contribution in [1.82, 2.24) is 30.6 Å². The van der Waals surface area contributed by atoms with Gasteiger partial charge in [0, 0.05) is 14.1 Å². The Bertz CT molecular complexity index is 1210. The highest BCUT2D eigenvalue weighted by molar-refractivity contribution is 5.88. The van der Waals surface area contributed by atoms with E-state index in [2.05, 4.69) is 9.68 Å². The number of carbonyl (C=O) groups is 4. The van der Waals surface area contributed by atoms with E-state index in [0.29, 0.717) is 0 Å². The Morgan fingerprint density at radius 3 is 1.25 bits per heavy atom. The largest absolute Gasteiger partial charge is 0.394 e. The molecule has 2 aliphatic rings. The molecule has 2 heterocycles. The van der Waals surface area contributed by atoms with Crippen molar-refractivity contribution >= 4 is 35.7 Å². The predicted octanol–water partition coefficient (Wildman–Crippen LogP) is -10.1. The molecule has 0 aromatic heterocycles. The van der Waals surface area contributed by atoms with E-state index in [9.17, 15) is 75.3 Å². The summed E-state index contributed by atoms with van der Waals surface area (Å²) in [6.45, 7) is -4.78. The smallest absolute Gasteiger partial charge is 0.360 e. The molecule has 51 heavy (non-hydrogen) atoms. The molecule has 0 radical (unpaired) electrons. The maximum Gasteiger partial charge on any atom is 0.360 e. The maximum absolute atomic E-state index is 12.9. The average Bonchev–Trinajstić information content (AvgIpc) is 3.09. The third-order valence-electron chi connectivity index (χ3n) is 8.38. The van der Waals surface area contributed by atoms with Crippen LogP contribution in [0.5, 0.6) is 0 Å². The van der Waals surface area contributed by atoms with Gasteiger partial charge in [0.05, 0.1) is 70.1 Å². The maximum atomic E-state index is 12.9. The van der Waals surface area contributed by atoms with Gasteiger partial charge >= 0.3 is 11.9 Å². The van der Waals surface area contributed by atoms with E-state index in [1.54, 1.807) is 0 Å². The molecular weight excluding hydrogens is 696 g/mol. The zero-order valence-corrected chi connectivity index (χ0v) is 27.5. The van der Waals surface area contributed by atoms with Crippen LogP contribution in [-0.4, -0.2) is 232 Å². The lowest BCUT2D eigenvalue weighted by Gasteiger charge is -2.48. The minimum absolute atomic E-state index is 0.687. The van der Waals surface area contributed by atoms with Crippen molar-refractivity contribution < 1.29 is 85.0 Å². The third-order valence-corrected chi connectivity index (χ3v) is 8.38. The fraction of sp³-hybridized carbons (Fsp3) is 0.769. The molecule has 25 heteroatoms. The number of piperidine rings is 2. The quantitative estimate of drug-likeness (QED) is 0.0531. The van der Waals surface area contributed by atoms with Gasteiger partial charge in [0.2, 0.25) is 23.7 Å². The molecular formula is C26H46N8O17. The second-order valence-corrected chi connectivity index (χ2v) is 11.8. The number of carbonyl (C=O) groups excluding carboxylic acids is 4. The monoisotopic (exact) mass is 742 g/mol. The fourth-order valence-corrected chi connectivity index (χ4v) is 5.43. The van der Waals surface area contributed by atoms with Crippen molar-refractivity contribution in [2.75, 3.05) is 53.6 Å². The van der Waals surface area contributed by atoms with E-state index >= 15 is 0 Å². The zero-order valence-electron chi connectivity index (χ0n) is 27.5. The highest BCUT2D eigenvalue weighted by Gasteiger charge is 2.50. The fourth-order valence-electron chi connectivity index (χ4n) is 5.43. The van der Waals surface area contributed by atoms with Crippen molar-refractivity contribution in [2.24, 2.45) is 0 Å². The highest BCUT2D eigenvalue weighted by Crippen LogP contribution is 2.26. The SMILES string of the molecule is CN(CC(=O)N1[C@H](CO)[C@H](O)[C@H](O)[C@H](O)[C@H]1CO)C(=N)NOC(=O)CC(O)C(=O)ONC(=N)N(C)CC(=O)N1[C@H](CO)[C@H](O)[C@H](O)[C@H](O)[C@H]1CO. The number of hydrogen-bond donors (Lipinski definition) is 15. The number of guanidine groups is 2. The van der Waals surface area contributed by atoms with Crippen LogP contribution >= 0.6 is 0 Å². The van der Waals surface area contributed by atoms with Crippen LogP contribution < -0.4 is 11.0 Å². The van der Waals surface area contributed by atoms with Gasteiger partial charge in [0.15, 0.2) is 6.10 Å². The molecule has 2 fully saturated rings. The molecule has 0 spiro atoms. The van der Waals surface area contributed by atoms with Crippen LogP contribution in [0.1, 0.15) is 6.42 Å². The highest BCUT2D eigenvalue weighted by atomic mass is 16.7. The summed E-state index contributed by atoms with van der Waals surface area (Å²) in [6.07, 6.45) is -13.9. The minimum atomic E-state index is -2.18. The summed E-state index contributed by atoms with van der Waals surface area (Å²) >= 11 is 0. The molecule has 2 amide bonds. The van der Waals surface area contributed by atoms with E-state index in [-0.39, 0.29) is 0 Å². The summed E-state index contributed by atoms with van der Waals surface area (Å²) in [6, 6.07) is -5.67. The Kier molecular flexibility index (Phi) is 16.1. The Morgan fingerprint density at radius 1 is 0.627 bits per heavy atom. The van der Waals surface area contributed by atoms with E-state index < -0.39 is 149 Å². The molecule has 15 N–H and O–H groups in total. The molecule has 2 aliphatic heterocycles. The molecule has 25 nitrogen and oxygen atoms in total. The molecule has 1 unspecified atom stereocenters. The molecule has 0 saturated carbocycles. The molecule has 2 saturated heterocycles. The number of nitrogens with zero attached hydrogens (tertiary/aromatic N) is 4. The standard InChI is InChI=1S/C26H46N8O17/c1-31(4-15(40)33-10(6-35)18(43)22(47)19(44)11(33)7-36)25(27)29-50-17(42)3-14(39)24(49)51-30-26(28)32(2)5-16(41)34-12(8-37)20(45)23(48)21(46)13(34)9-38/h10-14,18-23,35-39,43-48H,3-9H2,1-2H3,(H2,27,29)(H2,28,30)/t10-,11-,12-,13-,14?,18-,19+,20-,21+,22-,23-/m1/s1. The van der Waals surface area contributed by atoms with Gasteiger partial charge in [0.1, 0.15) is 36.6 Å². The van der Waals surface area contributed by atoms with Crippen molar-refractivity contribution in [2.45, 2.75) is 73.3 Å². The summed E-state index contributed by atoms with van der Waals surface area (Å²) < 4.78 is 0. The van der Waals surface area contributed by atoms with Crippen molar-refractivity contribution in [1.29, 1.82) is 10.8 Å². The van der Waals surface area contributed by atoms with Crippen LogP contribution in [-0.2, 0) is 28.9 Å². The summed E-state index contributed by atoms with van der Waals surface area (Å²) in [5.74, 6) is -6.13. The third kappa shape index (κ3) is 10.1. The van der Waals surface area contributed by atoms with Crippen LogP contribution in [0.3, 0.4) is 0 Å². The van der Waals surface area contributed by atoms with Gasteiger partial charge < -0.3 is 85.4 Å². The van der Waals surface area contributed by atoms with Gasteiger partial charge in [-0.25, -0.2) is 9.59 Å². The lowest BCUT2D eigenvalue weighted by Crippen LogP contribution is -2.70. The number of rotatable bonds is 11. The van der Waals surface area contributed by atoms with Crippen molar-refractivity contribution in [3.05, 3.63) is 0 Å². The topological polar surface area (TPSA) is 394 Å². The van der Waals surface area contributed by atoms with Gasteiger partial charge in [-0.15, -0.1) is 0 Å². The molecule has 0 aromatic carbocycles. The number of hydroxylamine groups is 2. The summed E-state index contributed by atoms with van der Waals surface area (Å²) in [4.78, 5) is 62.5.